The van der Waals surface area contributed by atoms with Crippen molar-refractivity contribution in [2.75, 3.05) is 0 Å². The number of benzene rings is 4. The fourth-order valence-corrected chi connectivity index (χ4v) is 3.99. The van der Waals surface area contributed by atoms with Gasteiger partial charge in [-0.3, -0.25) is 4.79 Å². The van der Waals surface area contributed by atoms with Gasteiger partial charge in [-0.15, -0.1) is 0 Å². The number of hydrogen-bond donors (Lipinski definition) is 1. The number of carbonyl (C=O) groups excluding carboxylic acids is 1. The Hall–Kier alpha value is -4.97. The predicted molar refractivity (Wildman–Crippen MR) is 151 cm³/mol. The number of para-hydroxylation sites is 1. The molecule has 1 amide bonds. The van der Waals surface area contributed by atoms with Crippen molar-refractivity contribution >= 4 is 12.1 Å². The first-order valence-corrected chi connectivity index (χ1v) is 12.4. The van der Waals surface area contributed by atoms with Crippen molar-refractivity contribution in [2.24, 2.45) is 5.10 Å². The molecule has 5 aromatic rings. The van der Waals surface area contributed by atoms with Gasteiger partial charge in [0.1, 0.15) is 18.1 Å². The topological polar surface area (TPSA) is 68.5 Å². The molecule has 188 valence electrons. The van der Waals surface area contributed by atoms with E-state index in [0.717, 1.165) is 33.6 Å². The minimum absolute atomic E-state index is 0.307. The van der Waals surface area contributed by atoms with Gasteiger partial charge in [-0.25, -0.2) is 10.1 Å². The monoisotopic (exact) mass is 500 g/mol. The van der Waals surface area contributed by atoms with Crippen LogP contribution in [0.1, 0.15) is 32.6 Å². The summed E-state index contributed by atoms with van der Waals surface area (Å²) in [5.41, 5.74) is 10.0. The lowest BCUT2D eigenvalue weighted by atomic mass is 10.1. The number of hydrogen-bond acceptors (Lipinski definition) is 4. The van der Waals surface area contributed by atoms with Crippen LogP contribution in [-0.2, 0) is 6.61 Å². The highest BCUT2D eigenvalue weighted by atomic mass is 16.5. The van der Waals surface area contributed by atoms with E-state index in [1.807, 2.05) is 78.5 Å². The zero-order valence-electron chi connectivity index (χ0n) is 21.3. The van der Waals surface area contributed by atoms with E-state index in [9.17, 15) is 4.79 Å². The summed E-state index contributed by atoms with van der Waals surface area (Å²) in [4.78, 5) is 12.7. The molecule has 0 saturated heterocycles. The number of nitrogens with one attached hydrogen (secondary N) is 1. The molecule has 0 bridgehead atoms. The Labute approximate surface area is 222 Å². The van der Waals surface area contributed by atoms with E-state index in [1.54, 1.807) is 30.5 Å². The highest BCUT2D eigenvalue weighted by Gasteiger charge is 2.12. The highest BCUT2D eigenvalue weighted by molar-refractivity contribution is 5.95. The van der Waals surface area contributed by atoms with Gasteiger partial charge >= 0.3 is 0 Å². The molecule has 0 aliphatic rings. The van der Waals surface area contributed by atoms with Crippen molar-refractivity contribution in [3.05, 3.63) is 137 Å². The number of aromatic nitrogens is 2. The summed E-state index contributed by atoms with van der Waals surface area (Å²) in [5.74, 6) is 0.389. The second-order valence-corrected chi connectivity index (χ2v) is 9.08. The standard InChI is InChI=1S/C32H28N4O2/c1-23-11-13-25(14-12-23)22-38-30-17-15-26(16-18-30)32(37)34-33-20-28-21-36(29-9-4-3-5-10-29)35-31(28)27-8-6-7-24(2)19-27/h3-21H,22H2,1-2H3,(H,34,37)/b33-20-. The van der Waals surface area contributed by atoms with Crippen molar-refractivity contribution in [2.45, 2.75) is 20.5 Å². The van der Waals surface area contributed by atoms with Crippen LogP contribution in [0.25, 0.3) is 16.9 Å². The number of amides is 1. The van der Waals surface area contributed by atoms with Gasteiger partial charge in [0.2, 0.25) is 0 Å². The molecule has 6 heteroatoms. The van der Waals surface area contributed by atoms with Crippen LogP contribution in [0.5, 0.6) is 5.75 Å². The van der Waals surface area contributed by atoms with E-state index in [2.05, 4.69) is 35.7 Å². The Morgan fingerprint density at radius 2 is 1.66 bits per heavy atom. The Balaban J connectivity index is 1.27. The minimum Gasteiger partial charge on any atom is -0.489 e. The van der Waals surface area contributed by atoms with Crippen LogP contribution in [0, 0.1) is 13.8 Å². The van der Waals surface area contributed by atoms with Gasteiger partial charge in [0.25, 0.3) is 5.91 Å². The number of aryl methyl sites for hydroxylation is 2. The first-order chi connectivity index (χ1) is 18.5. The van der Waals surface area contributed by atoms with Crippen LogP contribution in [0.2, 0.25) is 0 Å². The normalized spacial score (nSPS) is 11.0. The molecule has 6 nitrogen and oxygen atoms in total. The van der Waals surface area contributed by atoms with Crippen LogP contribution in [0.4, 0.5) is 0 Å². The molecule has 0 fully saturated rings. The van der Waals surface area contributed by atoms with Crippen LogP contribution in [0.3, 0.4) is 0 Å². The fraction of sp³-hybridized carbons (Fsp3) is 0.0938. The maximum atomic E-state index is 12.7. The molecule has 1 aromatic heterocycles. The lowest BCUT2D eigenvalue weighted by Crippen LogP contribution is -2.17. The smallest absolute Gasteiger partial charge is 0.271 e. The molecule has 0 aliphatic heterocycles. The molecule has 0 aliphatic carbocycles. The predicted octanol–water partition coefficient (Wildman–Crippen LogP) is 6.50. The van der Waals surface area contributed by atoms with Crippen LogP contribution in [-0.4, -0.2) is 21.9 Å². The molecule has 0 saturated carbocycles. The SMILES string of the molecule is Cc1ccc(COc2ccc(C(=O)N/N=C\c3cn(-c4ccccc4)nc3-c3cccc(C)c3)cc2)cc1. The van der Waals surface area contributed by atoms with Crippen molar-refractivity contribution in [3.8, 4) is 22.7 Å². The molecule has 1 heterocycles. The summed E-state index contributed by atoms with van der Waals surface area (Å²) in [5, 5.41) is 9.03. The summed E-state index contributed by atoms with van der Waals surface area (Å²) in [6, 6.07) is 33.3. The lowest BCUT2D eigenvalue weighted by molar-refractivity contribution is 0.0955. The molecule has 1 N–H and O–H groups in total. The van der Waals surface area contributed by atoms with Crippen LogP contribution in [0.15, 0.2) is 114 Å². The number of hydrazone groups is 1. The quantitative estimate of drug-likeness (QED) is 0.195. The zero-order valence-corrected chi connectivity index (χ0v) is 21.3. The summed E-state index contributed by atoms with van der Waals surface area (Å²) >= 11 is 0. The number of nitrogens with zero attached hydrogens (tertiary/aromatic N) is 3. The van der Waals surface area contributed by atoms with Crippen molar-refractivity contribution < 1.29 is 9.53 Å². The van der Waals surface area contributed by atoms with Gasteiger partial charge in [0.15, 0.2) is 0 Å². The Morgan fingerprint density at radius 3 is 2.39 bits per heavy atom. The highest BCUT2D eigenvalue weighted by Crippen LogP contribution is 2.23. The van der Waals surface area contributed by atoms with E-state index < -0.39 is 0 Å². The Morgan fingerprint density at radius 1 is 0.895 bits per heavy atom. The molecule has 0 atom stereocenters. The van der Waals surface area contributed by atoms with E-state index >= 15 is 0 Å². The first kappa shape index (κ1) is 24.7. The molecule has 0 spiro atoms. The third-order valence-electron chi connectivity index (χ3n) is 6.07. The number of rotatable bonds is 8. The zero-order chi connectivity index (χ0) is 26.3. The Kier molecular flexibility index (Phi) is 7.41. The van der Waals surface area contributed by atoms with Crippen LogP contribution < -0.4 is 10.2 Å². The molecule has 0 unspecified atom stereocenters. The lowest BCUT2D eigenvalue weighted by Gasteiger charge is -2.07. The maximum Gasteiger partial charge on any atom is 0.271 e. The summed E-state index contributed by atoms with van der Waals surface area (Å²) in [6.07, 6.45) is 3.53. The van der Waals surface area contributed by atoms with Gasteiger partial charge in [0.05, 0.1) is 11.9 Å². The molecular formula is C32H28N4O2. The summed E-state index contributed by atoms with van der Waals surface area (Å²) < 4.78 is 7.65. The third kappa shape index (κ3) is 6.05. The third-order valence-corrected chi connectivity index (χ3v) is 6.07. The van der Waals surface area contributed by atoms with Crippen molar-refractivity contribution in [3.63, 3.8) is 0 Å². The molecule has 0 radical (unpaired) electrons. The van der Waals surface area contributed by atoms with E-state index in [1.165, 1.54) is 5.56 Å². The number of ether oxygens (including phenoxy) is 1. The molecule has 4 aromatic carbocycles. The van der Waals surface area contributed by atoms with Gasteiger partial charge in [-0.05, 0) is 61.9 Å². The molecular weight excluding hydrogens is 472 g/mol. The summed E-state index contributed by atoms with van der Waals surface area (Å²) in [7, 11) is 0. The van der Waals surface area contributed by atoms with E-state index in [4.69, 9.17) is 9.84 Å². The minimum atomic E-state index is -0.307. The van der Waals surface area contributed by atoms with Crippen molar-refractivity contribution in [1.82, 2.24) is 15.2 Å². The largest absolute Gasteiger partial charge is 0.489 e. The average Bonchev–Trinajstić information content (AvgIpc) is 3.38. The maximum absolute atomic E-state index is 12.7. The van der Waals surface area contributed by atoms with Gasteiger partial charge in [-0.1, -0.05) is 71.8 Å². The molecule has 38 heavy (non-hydrogen) atoms. The molecule has 5 rings (SSSR count). The van der Waals surface area contributed by atoms with Crippen molar-refractivity contribution in [1.29, 1.82) is 0 Å². The fourth-order valence-electron chi connectivity index (χ4n) is 3.99. The van der Waals surface area contributed by atoms with E-state index in [0.29, 0.717) is 17.9 Å². The number of carbonyl (C=O) groups is 1. The van der Waals surface area contributed by atoms with Gasteiger partial charge < -0.3 is 4.74 Å². The second kappa shape index (κ2) is 11.4. The van der Waals surface area contributed by atoms with Gasteiger partial charge in [0, 0.05) is 22.9 Å². The Bertz CT molecular complexity index is 1550. The first-order valence-electron chi connectivity index (χ1n) is 12.4. The van der Waals surface area contributed by atoms with Crippen LogP contribution >= 0.6 is 0 Å². The second-order valence-electron chi connectivity index (χ2n) is 9.08. The van der Waals surface area contributed by atoms with Gasteiger partial charge in [-0.2, -0.15) is 10.2 Å². The average molecular weight is 501 g/mol. The van der Waals surface area contributed by atoms with E-state index in [-0.39, 0.29) is 5.91 Å². The summed E-state index contributed by atoms with van der Waals surface area (Å²) in [6.45, 7) is 4.57.